The van der Waals surface area contributed by atoms with E-state index in [1.807, 2.05) is 0 Å². The van der Waals surface area contributed by atoms with Crippen molar-refractivity contribution in [2.24, 2.45) is 5.92 Å². The van der Waals surface area contributed by atoms with Gasteiger partial charge >= 0.3 is 0 Å². The summed E-state index contributed by atoms with van der Waals surface area (Å²) >= 11 is 1.60. The number of aromatic nitrogens is 1. The number of thiazole rings is 1. The summed E-state index contributed by atoms with van der Waals surface area (Å²) < 4.78 is 5.41. The fourth-order valence-corrected chi connectivity index (χ4v) is 3.79. The van der Waals surface area contributed by atoms with Gasteiger partial charge in [-0.25, -0.2) is 4.98 Å². The molecule has 0 spiro atoms. The maximum absolute atomic E-state index is 12.3. The Morgan fingerprint density at radius 2 is 2.26 bits per heavy atom. The number of aryl methyl sites for hydroxylation is 1. The van der Waals surface area contributed by atoms with E-state index in [2.05, 4.69) is 23.8 Å². The molecular weight excluding hydrogens is 308 g/mol. The van der Waals surface area contributed by atoms with Gasteiger partial charge in [-0.15, -0.1) is 11.3 Å². The lowest BCUT2D eigenvalue weighted by Gasteiger charge is -2.15. The van der Waals surface area contributed by atoms with Crippen LogP contribution in [0.25, 0.3) is 0 Å². The Hall–Kier alpha value is -2.14. The van der Waals surface area contributed by atoms with Gasteiger partial charge in [0.25, 0.3) is 5.91 Å². The summed E-state index contributed by atoms with van der Waals surface area (Å²) in [5.41, 5.74) is 1.74. The summed E-state index contributed by atoms with van der Waals surface area (Å²) in [6, 6.07) is 7.08. The molecule has 0 radical (unpaired) electrons. The first kappa shape index (κ1) is 15.7. The molecule has 0 unspecified atom stereocenters. The predicted molar refractivity (Wildman–Crippen MR) is 93.4 cm³/mol. The summed E-state index contributed by atoms with van der Waals surface area (Å²) in [6.07, 6.45) is 4.94. The molecule has 1 aromatic carbocycles. The number of carbonyl (C=O) groups is 1. The highest BCUT2D eigenvalue weighted by atomic mass is 32.1. The van der Waals surface area contributed by atoms with Crippen LogP contribution in [0.4, 0.5) is 5.13 Å². The number of anilines is 1. The molecule has 2 aromatic rings. The van der Waals surface area contributed by atoms with Crippen molar-refractivity contribution in [2.45, 2.75) is 26.2 Å². The topological polar surface area (TPSA) is 51.2 Å². The minimum atomic E-state index is -0.139. The van der Waals surface area contributed by atoms with Gasteiger partial charge in [-0.1, -0.05) is 19.6 Å². The zero-order chi connectivity index (χ0) is 16.2. The number of hydrogen-bond donors (Lipinski definition) is 1. The predicted octanol–water partition coefficient (Wildman–Crippen LogP) is 4.09. The molecule has 1 N–H and O–H groups in total. The Morgan fingerprint density at radius 1 is 1.48 bits per heavy atom. The Bertz CT molecular complexity index is 706. The van der Waals surface area contributed by atoms with Gasteiger partial charge in [0.2, 0.25) is 0 Å². The van der Waals surface area contributed by atoms with E-state index in [0.29, 0.717) is 23.2 Å². The third kappa shape index (κ3) is 3.79. The molecule has 0 bridgehead atoms. The fraction of sp³-hybridized carbons (Fsp3) is 0.333. The molecule has 1 heterocycles. The summed E-state index contributed by atoms with van der Waals surface area (Å²) in [6.45, 7) is 6.32. The Kier molecular flexibility index (Phi) is 4.76. The van der Waals surface area contributed by atoms with Gasteiger partial charge in [-0.05, 0) is 49.4 Å². The minimum absolute atomic E-state index is 0.139. The van der Waals surface area contributed by atoms with E-state index in [9.17, 15) is 4.79 Å². The summed E-state index contributed by atoms with van der Waals surface area (Å²) in [5.74, 6) is 1.29. The van der Waals surface area contributed by atoms with Crippen LogP contribution in [0, 0.1) is 5.92 Å². The van der Waals surface area contributed by atoms with Crippen LogP contribution < -0.4 is 10.1 Å². The number of hydrogen-bond acceptors (Lipinski definition) is 4. The number of fused-ring (bicyclic) bond motifs is 1. The lowest BCUT2D eigenvalue weighted by molar-refractivity contribution is 0.102. The number of benzene rings is 1. The first-order valence-electron chi connectivity index (χ1n) is 7.79. The van der Waals surface area contributed by atoms with Crippen LogP contribution >= 0.6 is 11.3 Å². The van der Waals surface area contributed by atoms with Gasteiger partial charge < -0.3 is 4.74 Å². The van der Waals surface area contributed by atoms with Gasteiger partial charge in [-0.2, -0.15) is 0 Å². The molecular formula is C18H20N2O2S. The molecule has 3 rings (SSSR count). The molecule has 4 nitrogen and oxygen atoms in total. The second-order valence-electron chi connectivity index (χ2n) is 5.82. The first-order valence-corrected chi connectivity index (χ1v) is 8.61. The average molecular weight is 328 g/mol. The highest BCUT2D eigenvalue weighted by Gasteiger charge is 2.20. The molecule has 23 heavy (non-hydrogen) atoms. The third-order valence-electron chi connectivity index (χ3n) is 3.89. The van der Waals surface area contributed by atoms with Crippen molar-refractivity contribution in [1.29, 1.82) is 0 Å². The molecule has 5 heteroatoms. The highest BCUT2D eigenvalue weighted by Crippen LogP contribution is 2.32. The molecule has 120 valence electrons. The molecule has 1 aromatic heterocycles. The second kappa shape index (κ2) is 6.96. The van der Waals surface area contributed by atoms with Crippen LogP contribution in [0.2, 0.25) is 0 Å². The standard InChI is InChI=1S/C18H20N2O2S/c1-3-10-22-14-7-5-13(6-8-14)17(21)20-18-19-15-9-4-12(2)11-16(15)23-18/h3,5-8,12H,1,4,9-11H2,2H3,(H,19,20,21)/t12-/m1/s1. The average Bonchev–Trinajstić information content (AvgIpc) is 2.94. The quantitative estimate of drug-likeness (QED) is 0.841. The Balaban J connectivity index is 1.66. The van der Waals surface area contributed by atoms with Crippen LogP contribution in [0.5, 0.6) is 5.75 Å². The number of amides is 1. The molecule has 1 aliphatic rings. The SMILES string of the molecule is C=CCOc1ccc(C(=O)Nc2nc3c(s2)C[C@H](C)CC3)cc1. The molecule has 0 saturated heterocycles. The normalized spacial score (nSPS) is 16.5. The van der Waals surface area contributed by atoms with Crippen molar-refractivity contribution >= 4 is 22.4 Å². The van der Waals surface area contributed by atoms with E-state index in [1.54, 1.807) is 41.7 Å². The number of nitrogens with one attached hydrogen (secondary N) is 1. The van der Waals surface area contributed by atoms with Crippen LogP contribution in [0.15, 0.2) is 36.9 Å². The number of carbonyl (C=O) groups excluding carboxylic acids is 1. The number of ether oxygens (including phenoxy) is 1. The summed E-state index contributed by atoms with van der Waals surface area (Å²) in [7, 11) is 0. The summed E-state index contributed by atoms with van der Waals surface area (Å²) in [5, 5.41) is 3.60. The lowest BCUT2D eigenvalue weighted by Crippen LogP contribution is -2.12. The molecule has 1 amide bonds. The van der Waals surface area contributed by atoms with Crippen LogP contribution in [-0.4, -0.2) is 17.5 Å². The van der Waals surface area contributed by atoms with E-state index < -0.39 is 0 Å². The monoisotopic (exact) mass is 328 g/mol. The van der Waals surface area contributed by atoms with E-state index in [-0.39, 0.29) is 5.91 Å². The van der Waals surface area contributed by atoms with Gasteiger partial charge in [-0.3, -0.25) is 10.1 Å². The van der Waals surface area contributed by atoms with Gasteiger partial charge in [0, 0.05) is 10.4 Å². The summed E-state index contributed by atoms with van der Waals surface area (Å²) in [4.78, 5) is 18.2. The fourth-order valence-electron chi connectivity index (χ4n) is 2.62. The maximum Gasteiger partial charge on any atom is 0.257 e. The molecule has 0 saturated carbocycles. The van der Waals surface area contributed by atoms with E-state index in [0.717, 1.165) is 24.3 Å². The number of nitrogens with zero attached hydrogens (tertiary/aromatic N) is 1. The van der Waals surface area contributed by atoms with Crippen molar-refractivity contribution in [2.75, 3.05) is 11.9 Å². The van der Waals surface area contributed by atoms with Gasteiger partial charge in [0.15, 0.2) is 5.13 Å². The molecule has 0 aliphatic heterocycles. The Labute approximate surface area is 140 Å². The Morgan fingerprint density at radius 3 is 3.00 bits per heavy atom. The van der Waals surface area contributed by atoms with Crippen molar-refractivity contribution < 1.29 is 9.53 Å². The van der Waals surface area contributed by atoms with Crippen molar-refractivity contribution in [3.05, 3.63) is 53.1 Å². The van der Waals surface area contributed by atoms with E-state index in [1.165, 1.54) is 11.3 Å². The van der Waals surface area contributed by atoms with Gasteiger partial charge in [0.1, 0.15) is 12.4 Å². The van der Waals surface area contributed by atoms with Crippen molar-refractivity contribution in [1.82, 2.24) is 4.98 Å². The van der Waals surface area contributed by atoms with Crippen LogP contribution in [-0.2, 0) is 12.8 Å². The zero-order valence-corrected chi connectivity index (χ0v) is 14.0. The lowest BCUT2D eigenvalue weighted by atomic mass is 9.93. The zero-order valence-electron chi connectivity index (χ0n) is 13.2. The largest absolute Gasteiger partial charge is 0.490 e. The molecule has 1 aliphatic carbocycles. The van der Waals surface area contributed by atoms with Crippen LogP contribution in [0.1, 0.15) is 34.3 Å². The maximum atomic E-state index is 12.3. The number of rotatable bonds is 5. The first-order chi connectivity index (χ1) is 11.2. The van der Waals surface area contributed by atoms with Crippen molar-refractivity contribution in [3.8, 4) is 5.75 Å². The van der Waals surface area contributed by atoms with E-state index >= 15 is 0 Å². The van der Waals surface area contributed by atoms with E-state index in [4.69, 9.17) is 4.74 Å². The third-order valence-corrected chi connectivity index (χ3v) is 4.93. The van der Waals surface area contributed by atoms with Crippen LogP contribution in [0.3, 0.4) is 0 Å². The second-order valence-corrected chi connectivity index (χ2v) is 6.90. The van der Waals surface area contributed by atoms with Crippen molar-refractivity contribution in [3.63, 3.8) is 0 Å². The van der Waals surface area contributed by atoms with Gasteiger partial charge in [0.05, 0.1) is 5.69 Å². The minimum Gasteiger partial charge on any atom is -0.490 e. The smallest absolute Gasteiger partial charge is 0.257 e. The molecule has 0 fully saturated rings. The highest BCUT2D eigenvalue weighted by molar-refractivity contribution is 7.15. The molecule has 1 atom stereocenters.